The molecule has 2 aromatic rings. The van der Waals surface area contributed by atoms with Crippen LogP contribution in [-0.4, -0.2) is 95.3 Å². The van der Waals surface area contributed by atoms with E-state index >= 15 is 0 Å². The van der Waals surface area contributed by atoms with E-state index in [-0.39, 0.29) is 5.91 Å². The zero-order chi connectivity index (χ0) is 21.6. The quantitative estimate of drug-likeness (QED) is 0.621. The Kier molecular flexibility index (Phi) is 7.26. The highest BCUT2D eigenvalue weighted by atomic mass is 16.5. The van der Waals surface area contributed by atoms with Gasteiger partial charge in [-0.3, -0.25) is 19.6 Å². The first-order chi connectivity index (χ1) is 15.1. The van der Waals surface area contributed by atoms with Gasteiger partial charge in [-0.05, 0) is 36.9 Å². The molecule has 0 radical (unpaired) electrons. The summed E-state index contributed by atoms with van der Waals surface area (Å²) in [6.45, 7) is 9.44. The number of piperazine rings is 1. The van der Waals surface area contributed by atoms with Gasteiger partial charge in [-0.2, -0.15) is 0 Å². The number of nitrogens with zero attached hydrogens (tertiary/aromatic N) is 6. The summed E-state index contributed by atoms with van der Waals surface area (Å²) in [5.41, 5.74) is 1.82. The topological polar surface area (TPSA) is 87.8 Å². The lowest BCUT2D eigenvalue weighted by Crippen LogP contribution is -2.49. The van der Waals surface area contributed by atoms with Gasteiger partial charge in [-0.25, -0.2) is 0 Å². The largest absolute Gasteiger partial charge is 0.424 e. The van der Waals surface area contributed by atoms with Crippen molar-refractivity contribution in [2.45, 2.75) is 26.3 Å². The van der Waals surface area contributed by atoms with Crippen molar-refractivity contribution in [1.29, 1.82) is 0 Å². The fourth-order valence-electron chi connectivity index (χ4n) is 4.44. The molecule has 2 fully saturated rings. The molecule has 0 aliphatic carbocycles. The van der Waals surface area contributed by atoms with Crippen molar-refractivity contribution in [3.63, 3.8) is 0 Å². The predicted molar refractivity (Wildman–Crippen MR) is 115 cm³/mol. The van der Waals surface area contributed by atoms with Crippen LogP contribution in [0, 0.1) is 12.8 Å². The molecular weight excluding hydrogens is 396 g/mol. The average Bonchev–Trinajstić information content (AvgIpc) is 3.40. The molecule has 0 saturated carbocycles. The van der Waals surface area contributed by atoms with Crippen molar-refractivity contribution in [3.8, 4) is 0 Å². The molecular formula is C22H32N6O3. The van der Waals surface area contributed by atoms with Crippen LogP contribution in [0.5, 0.6) is 0 Å². The van der Waals surface area contributed by atoms with E-state index in [1.54, 1.807) is 13.3 Å². The molecule has 4 heterocycles. The number of carbonyl (C=O) groups is 1. The Labute approximate surface area is 183 Å². The summed E-state index contributed by atoms with van der Waals surface area (Å²) in [6, 6.07) is 2.02. The van der Waals surface area contributed by atoms with Crippen LogP contribution in [0.25, 0.3) is 0 Å². The third-order valence-electron chi connectivity index (χ3n) is 6.13. The van der Waals surface area contributed by atoms with Crippen molar-refractivity contribution in [2.24, 2.45) is 5.92 Å². The van der Waals surface area contributed by atoms with E-state index in [9.17, 15) is 4.79 Å². The van der Waals surface area contributed by atoms with Gasteiger partial charge in [0, 0.05) is 65.7 Å². The van der Waals surface area contributed by atoms with E-state index in [0.29, 0.717) is 29.8 Å². The third kappa shape index (κ3) is 5.87. The van der Waals surface area contributed by atoms with Crippen LogP contribution in [0.4, 0.5) is 0 Å². The number of aromatic nitrogens is 3. The lowest BCUT2D eigenvalue weighted by Gasteiger charge is -2.34. The minimum Gasteiger partial charge on any atom is -0.424 e. The van der Waals surface area contributed by atoms with Gasteiger partial charge in [0.2, 0.25) is 11.8 Å². The number of likely N-dealkylation sites (tertiary alicyclic amines) is 1. The van der Waals surface area contributed by atoms with Gasteiger partial charge >= 0.3 is 0 Å². The van der Waals surface area contributed by atoms with Crippen molar-refractivity contribution in [3.05, 3.63) is 41.4 Å². The van der Waals surface area contributed by atoms with Crippen LogP contribution in [0.3, 0.4) is 0 Å². The summed E-state index contributed by atoms with van der Waals surface area (Å²) in [5.74, 6) is 1.91. The highest BCUT2D eigenvalue weighted by Gasteiger charge is 2.25. The number of hydrogen-bond acceptors (Lipinski definition) is 8. The van der Waals surface area contributed by atoms with E-state index in [4.69, 9.17) is 9.15 Å². The number of hydrogen-bond donors (Lipinski definition) is 0. The van der Waals surface area contributed by atoms with Crippen LogP contribution in [0.15, 0.2) is 22.9 Å². The van der Waals surface area contributed by atoms with Gasteiger partial charge in [0.15, 0.2) is 0 Å². The minimum absolute atomic E-state index is 0.0838. The summed E-state index contributed by atoms with van der Waals surface area (Å²) in [4.78, 5) is 24.0. The molecule has 9 nitrogen and oxygen atoms in total. The van der Waals surface area contributed by atoms with Gasteiger partial charge in [0.1, 0.15) is 0 Å². The SMILES string of the molecule is COCCN1CCN(C(=O)c2cncc(CC3CCN(Cc4nnc(C)o4)C3)c2)CC1. The Hall–Kier alpha value is -2.36. The maximum absolute atomic E-state index is 13.0. The lowest BCUT2D eigenvalue weighted by atomic mass is 9.99. The second-order valence-corrected chi connectivity index (χ2v) is 8.52. The maximum atomic E-state index is 13.0. The summed E-state index contributed by atoms with van der Waals surface area (Å²) in [6.07, 6.45) is 5.64. The molecule has 0 spiro atoms. The van der Waals surface area contributed by atoms with Crippen LogP contribution in [0.2, 0.25) is 0 Å². The first kappa shape index (κ1) is 21.9. The molecule has 0 bridgehead atoms. The molecule has 1 unspecified atom stereocenters. The molecule has 31 heavy (non-hydrogen) atoms. The van der Waals surface area contributed by atoms with Gasteiger partial charge in [-0.15, -0.1) is 10.2 Å². The van der Waals surface area contributed by atoms with Crippen LogP contribution in [-0.2, 0) is 17.7 Å². The second-order valence-electron chi connectivity index (χ2n) is 8.52. The molecule has 2 aliphatic rings. The highest BCUT2D eigenvalue weighted by molar-refractivity contribution is 5.94. The molecule has 1 amide bonds. The first-order valence-electron chi connectivity index (χ1n) is 11.1. The first-order valence-corrected chi connectivity index (χ1v) is 11.1. The molecule has 168 valence electrons. The molecule has 0 aromatic carbocycles. The normalized spacial score (nSPS) is 20.5. The van der Waals surface area contributed by atoms with E-state index in [2.05, 4.69) is 25.0 Å². The van der Waals surface area contributed by atoms with Crippen LogP contribution in [0.1, 0.15) is 34.1 Å². The fraction of sp³-hybridized carbons (Fsp3) is 0.636. The summed E-state index contributed by atoms with van der Waals surface area (Å²) >= 11 is 0. The Morgan fingerprint density at radius 1 is 1.16 bits per heavy atom. The Bertz CT molecular complexity index is 864. The fourth-order valence-corrected chi connectivity index (χ4v) is 4.44. The average molecular weight is 429 g/mol. The molecule has 2 aliphatic heterocycles. The van der Waals surface area contributed by atoms with Gasteiger partial charge < -0.3 is 14.1 Å². The molecule has 2 saturated heterocycles. The molecule has 4 rings (SSSR count). The van der Waals surface area contributed by atoms with Crippen molar-refractivity contribution in [1.82, 2.24) is 29.9 Å². The van der Waals surface area contributed by atoms with Crippen molar-refractivity contribution in [2.75, 3.05) is 59.5 Å². The number of carbonyl (C=O) groups excluding carboxylic acids is 1. The van der Waals surface area contributed by atoms with Gasteiger partial charge in [-0.1, -0.05) is 0 Å². The highest BCUT2D eigenvalue weighted by Crippen LogP contribution is 2.22. The Morgan fingerprint density at radius 2 is 2.00 bits per heavy atom. The second kappa shape index (κ2) is 10.3. The predicted octanol–water partition coefficient (Wildman–Crippen LogP) is 1.24. The lowest BCUT2D eigenvalue weighted by molar-refractivity contribution is 0.0593. The summed E-state index contributed by atoms with van der Waals surface area (Å²) < 4.78 is 10.6. The Morgan fingerprint density at radius 3 is 2.74 bits per heavy atom. The van der Waals surface area contributed by atoms with E-state index in [0.717, 1.165) is 70.8 Å². The van der Waals surface area contributed by atoms with E-state index in [1.807, 2.05) is 24.1 Å². The number of rotatable bonds is 8. The summed E-state index contributed by atoms with van der Waals surface area (Å²) in [5, 5.41) is 7.99. The van der Waals surface area contributed by atoms with Crippen LogP contribution >= 0.6 is 0 Å². The number of pyridine rings is 1. The molecule has 1 atom stereocenters. The smallest absolute Gasteiger partial charge is 0.255 e. The van der Waals surface area contributed by atoms with Crippen LogP contribution < -0.4 is 0 Å². The van der Waals surface area contributed by atoms with E-state index < -0.39 is 0 Å². The number of ether oxygens (including phenoxy) is 1. The minimum atomic E-state index is 0.0838. The van der Waals surface area contributed by atoms with Crippen molar-refractivity contribution < 1.29 is 13.9 Å². The maximum Gasteiger partial charge on any atom is 0.255 e. The standard InChI is InChI=1S/C22H32N6O3/c1-17-24-25-21(31-17)16-27-4-3-18(15-27)11-19-12-20(14-23-13-19)22(29)28-7-5-26(6-8-28)9-10-30-2/h12-14,18H,3-11,15-16H2,1-2H3. The molecule has 0 N–H and O–H groups in total. The van der Waals surface area contributed by atoms with Gasteiger partial charge in [0.25, 0.3) is 5.91 Å². The molecule has 2 aromatic heterocycles. The van der Waals surface area contributed by atoms with E-state index in [1.165, 1.54) is 0 Å². The number of aryl methyl sites for hydroxylation is 1. The number of methoxy groups -OCH3 is 1. The monoisotopic (exact) mass is 428 g/mol. The van der Waals surface area contributed by atoms with Gasteiger partial charge in [0.05, 0.1) is 18.7 Å². The molecule has 9 heteroatoms. The Balaban J connectivity index is 1.28. The number of amides is 1. The third-order valence-corrected chi connectivity index (χ3v) is 6.13. The zero-order valence-corrected chi connectivity index (χ0v) is 18.5. The zero-order valence-electron chi connectivity index (χ0n) is 18.5. The summed E-state index contributed by atoms with van der Waals surface area (Å²) in [7, 11) is 1.72. The van der Waals surface area contributed by atoms with Crippen molar-refractivity contribution >= 4 is 5.91 Å².